The molecule has 0 spiro atoms. The Balaban J connectivity index is 1.21. The normalized spacial score (nSPS) is 22.1. The fourth-order valence-corrected chi connectivity index (χ4v) is 5.60. The van der Waals surface area contributed by atoms with Crippen molar-refractivity contribution in [2.45, 2.75) is 63.4 Å². The number of aliphatic hydroxyl groups is 1. The lowest BCUT2D eigenvalue weighted by Crippen LogP contribution is -2.48. The van der Waals surface area contributed by atoms with Crippen molar-refractivity contribution in [3.63, 3.8) is 0 Å². The second-order valence-electron chi connectivity index (χ2n) is 9.48. The van der Waals surface area contributed by atoms with Crippen LogP contribution in [0.15, 0.2) is 90.5 Å². The maximum Gasteiger partial charge on any atom is 0.119 e. The van der Waals surface area contributed by atoms with Crippen LogP contribution in [0.3, 0.4) is 0 Å². The minimum atomic E-state index is -0.504. The summed E-state index contributed by atoms with van der Waals surface area (Å²) in [5.41, 5.74) is 4.95. The van der Waals surface area contributed by atoms with Gasteiger partial charge in [-0.3, -0.25) is 4.90 Å². The largest absolute Gasteiger partial charge is 0.489 e. The molecule has 2 aliphatic rings. The lowest BCUT2D eigenvalue weighted by molar-refractivity contribution is 0.0195. The molecule has 2 saturated heterocycles. The number of hydrogen-bond donors (Lipinski definition) is 1. The first kappa shape index (κ1) is 21.9. The van der Waals surface area contributed by atoms with Crippen LogP contribution in [-0.2, 0) is 6.61 Å². The lowest BCUT2D eigenvalue weighted by Gasteiger charge is -2.42. The predicted molar refractivity (Wildman–Crippen MR) is 134 cm³/mol. The summed E-state index contributed by atoms with van der Waals surface area (Å²) in [6.45, 7) is 2.73. The molecule has 2 aliphatic heterocycles. The van der Waals surface area contributed by atoms with Gasteiger partial charge in [-0.2, -0.15) is 0 Å². The number of aliphatic hydroxyl groups excluding tert-OH is 1. The zero-order chi connectivity index (χ0) is 22.6. The van der Waals surface area contributed by atoms with Crippen molar-refractivity contribution in [3.8, 4) is 5.75 Å². The van der Waals surface area contributed by atoms with Crippen molar-refractivity contribution in [1.29, 1.82) is 0 Å². The molecule has 2 unspecified atom stereocenters. The van der Waals surface area contributed by atoms with Crippen LogP contribution in [0.25, 0.3) is 6.08 Å². The van der Waals surface area contributed by atoms with Gasteiger partial charge in [0, 0.05) is 18.1 Å². The number of benzene rings is 3. The van der Waals surface area contributed by atoms with Crippen LogP contribution < -0.4 is 4.74 Å². The van der Waals surface area contributed by atoms with E-state index in [4.69, 9.17) is 4.74 Å². The van der Waals surface area contributed by atoms with Gasteiger partial charge >= 0.3 is 0 Å². The van der Waals surface area contributed by atoms with E-state index in [0.29, 0.717) is 18.7 Å². The Labute approximate surface area is 197 Å². The topological polar surface area (TPSA) is 32.7 Å². The van der Waals surface area contributed by atoms with Crippen molar-refractivity contribution in [2.75, 3.05) is 0 Å². The van der Waals surface area contributed by atoms with Crippen LogP contribution >= 0.6 is 0 Å². The third-order valence-electron chi connectivity index (χ3n) is 7.24. The highest BCUT2D eigenvalue weighted by molar-refractivity contribution is 5.53. The maximum atomic E-state index is 11.2. The van der Waals surface area contributed by atoms with E-state index in [1.54, 1.807) is 5.57 Å². The Morgan fingerprint density at radius 3 is 2.12 bits per heavy atom. The SMILES string of the molecule is C[C@H]([C@@H](O)c1ccc(OCc2ccccc2)cc1)N1C2CCC1CC(=Cc1ccccc1)C2. The van der Waals surface area contributed by atoms with Crippen molar-refractivity contribution in [2.24, 2.45) is 0 Å². The van der Waals surface area contributed by atoms with Crippen LogP contribution in [0, 0.1) is 0 Å². The summed E-state index contributed by atoms with van der Waals surface area (Å²) in [6, 6.07) is 29.9. The molecule has 2 heterocycles. The average molecular weight is 440 g/mol. The van der Waals surface area contributed by atoms with Crippen LogP contribution in [-0.4, -0.2) is 28.1 Å². The van der Waals surface area contributed by atoms with Gasteiger partial charge in [-0.25, -0.2) is 0 Å². The molecule has 0 radical (unpaired) electrons. The van der Waals surface area contributed by atoms with E-state index in [2.05, 4.69) is 60.4 Å². The highest BCUT2D eigenvalue weighted by atomic mass is 16.5. The molecular weight excluding hydrogens is 406 g/mol. The molecule has 4 atom stereocenters. The highest BCUT2D eigenvalue weighted by Gasteiger charge is 2.42. The summed E-state index contributed by atoms with van der Waals surface area (Å²) in [5, 5.41) is 11.2. The van der Waals surface area contributed by atoms with Gasteiger partial charge in [0.1, 0.15) is 12.4 Å². The van der Waals surface area contributed by atoms with Gasteiger partial charge in [0.15, 0.2) is 0 Å². The summed E-state index contributed by atoms with van der Waals surface area (Å²) >= 11 is 0. The molecule has 0 amide bonds. The summed E-state index contributed by atoms with van der Waals surface area (Å²) in [7, 11) is 0. The minimum absolute atomic E-state index is 0.0943. The molecule has 0 saturated carbocycles. The Hall–Kier alpha value is -2.88. The van der Waals surface area contributed by atoms with Crippen LogP contribution in [0.1, 0.15) is 55.4 Å². The van der Waals surface area contributed by atoms with Gasteiger partial charge in [-0.05, 0) is 61.4 Å². The number of rotatable bonds is 7. The second kappa shape index (κ2) is 9.94. The molecular formula is C30H33NO2. The molecule has 0 aliphatic carbocycles. The van der Waals surface area contributed by atoms with Crippen LogP contribution in [0.5, 0.6) is 5.75 Å². The fraction of sp³-hybridized carbons (Fsp3) is 0.333. The number of nitrogens with zero attached hydrogens (tertiary/aromatic N) is 1. The number of fused-ring (bicyclic) bond motifs is 2. The quantitative estimate of drug-likeness (QED) is 0.462. The number of ether oxygens (including phenoxy) is 1. The average Bonchev–Trinajstić information content (AvgIpc) is 3.13. The smallest absolute Gasteiger partial charge is 0.119 e. The molecule has 3 aromatic rings. The molecule has 2 fully saturated rings. The first-order chi connectivity index (χ1) is 16.2. The number of hydrogen-bond acceptors (Lipinski definition) is 3. The van der Waals surface area contributed by atoms with Crippen LogP contribution in [0.4, 0.5) is 0 Å². The van der Waals surface area contributed by atoms with Gasteiger partial charge in [0.2, 0.25) is 0 Å². The monoisotopic (exact) mass is 439 g/mol. The molecule has 3 nitrogen and oxygen atoms in total. The van der Waals surface area contributed by atoms with Crippen molar-refractivity contribution in [3.05, 3.63) is 107 Å². The Bertz CT molecular complexity index is 1050. The Morgan fingerprint density at radius 1 is 0.879 bits per heavy atom. The second-order valence-corrected chi connectivity index (χ2v) is 9.48. The number of piperidine rings is 1. The van der Waals surface area contributed by atoms with E-state index in [0.717, 1.165) is 29.7 Å². The predicted octanol–water partition coefficient (Wildman–Crippen LogP) is 6.40. The Morgan fingerprint density at radius 2 is 1.48 bits per heavy atom. The molecule has 3 aromatic carbocycles. The Kier molecular flexibility index (Phi) is 6.61. The van der Waals surface area contributed by atoms with Crippen molar-refractivity contribution < 1.29 is 9.84 Å². The maximum absolute atomic E-state index is 11.2. The summed E-state index contributed by atoms with van der Waals surface area (Å²) < 4.78 is 5.91. The molecule has 33 heavy (non-hydrogen) atoms. The minimum Gasteiger partial charge on any atom is -0.489 e. The molecule has 0 aromatic heterocycles. The van der Waals surface area contributed by atoms with E-state index < -0.39 is 6.10 Å². The third-order valence-corrected chi connectivity index (χ3v) is 7.24. The molecule has 1 N–H and O–H groups in total. The zero-order valence-corrected chi connectivity index (χ0v) is 19.3. The van der Waals surface area contributed by atoms with E-state index >= 15 is 0 Å². The van der Waals surface area contributed by atoms with Crippen LogP contribution in [0.2, 0.25) is 0 Å². The molecule has 2 bridgehead atoms. The third kappa shape index (κ3) is 5.05. The van der Waals surface area contributed by atoms with Gasteiger partial charge in [0.05, 0.1) is 6.10 Å². The van der Waals surface area contributed by atoms with Crippen molar-refractivity contribution >= 4 is 6.08 Å². The van der Waals surface area contributed by atoms with E-state index in [1.807, 2.05) is 42.5 Å². The molecule has 5 rings (SSSR count). The van der Waals surface area contributed by atoms with Gasteiger partial charge < -0.3 is 9.84 Å². The summed E-state index contributed by atoms with van der Waals surface area (Å²) in [4.78, 5) is 2.59. The highest BCUT2D eigenvalue weighted by Crippen LogP contribution is 2.42. The molecule has 3 heteroatoms. The van der Waals surface area contributed by atoms with Gasteiger partial charge in [-0.15, -0.1) is 0 Å². The molecule has 170 valence electrons. The van der Waals surface area contributed by atoms with E-state index in [-0.39, 0.29) is 6.04 Å². The first-order valence-electron chi connectivity index (χ1n) is 12.1. The van der Waals surface area contributed by atoms with E-state index in [1.165, 1.54) is 18.4 Å². The first-order valence-corrected chi connectivity index (χ1v) is 12.1. The lowest BCUT2D eigenvalue weighted by atomic mass is 9.91. The van der Waals surface area contributed by atoms with E-state index in [9.17, 15) is 5.11 Å². The summed E-state index contributed by atoms with van der Waals surface area (Å²) in [6.07, 6.45) is 6.53. The fourth-order valence-electron chi connectivity index (χ4n) is 5.60. The summed E-state index contributed by atoms with van der Waals surface area (Å²) in [5.74, 6) is 0.830. The zero-order valence-electron chi connectivity index (χ0n) is 19.3. The standard InChI is InChI=1S/C30H33NO2/c1-22(30(32)26-12-16-29(17-13-26)33-21-24-10-6-3-7-11-24)31-27-14-15-28(31)20-25(19-27)18-23-8-4-2-5-9-23/h2-13,16-18,22,27-28,30,32H,14-15,19-21H2,1H3/t22-,27?,28?,30-/m1/s1. The van der Waals surface area contributed by atoms with Gasteiger partial charge in [0.25, 0.3) is 0 Å². The van der Waals surface area contributed by atoms with Crippen molar-refractivity contribution in [1.82, 2.24) is 4.90 Å². The van der Waals surface area contributed by atoms with Gasteiger partial charge in [-0.1, -0.05) is 84.4 Å².